The molecule has 0 spiro atoms. The molecular formula is C13H20N2O2S2. The molecule has 3 rings (SSSR count). The number of rotatable bonds is 1. The predicted molar refractivity (Wildman–Crippen MR) is 76.8 cm³/mol. The van der Waals surface area contributed by atoms with Crippen LogP contribution in [0.5, 0.6) is 0 Å². The van der Waals surface area contributed by atoms with E-state index in [-0.39, 0.29) is 17.0 Å². The minimum atomic E-state index is -2.91. The van der Waals surface area contributed by atoms with E-state index in [4.69, 9.17) is 5.73 Å². The van der Waals surface area contributed by atoms with Crippen molar-refractivity contribution in [1.29, 1.82) is 0 Å². The fourth-order valence-corrected chi connectivity index (χ4v) is 6.25. The fourth-order valence-electron chi connectivity index (χ4n) is 3.21. The Kier molecular flexibility index (Phi) is 3.22. The minimum Gasteiger partial charge on any atom is -0.319 e. The molecule has 0 bridgehead atoms. The Labute approximate surface area is 118 Å². The van der Waals surface area contributed by atoms with Gasteiger partial charge in [-0.1, -0.05) is 19.8 Å². The second-order valence-electron chi connectivity index (χ2n) is 6.09. The summed E-state index contributed by atoms with van der Waals surface area (Å²) in [4.78, 5) is 5.60. The maximum absolute atomic E-state index is 11.7. The first-order valence-corrected chi connectivity index (χ1v) is 9.50. The molecule has 2 heterocycles. The van der Waals surface area contributed by atoms with Crippen molar-refractivity contribution in [1.82, 2.24) is 4.98 Å². The van der Waals surface area contributed by atoms with Gasteiger partial charge in [-0.15, -0.1) is 11.3 Å². The fraction of sp³-hybridized carbons (Fsp3) is 0.769. The summed E-state index contributed by atoms with van der Waals surface area (Å²) < 4.78 is 23.4. The van der Waals surface area contributed by atoms with Crippen molar-refractivity contribution in [2.24, 2.45) is 11.7 Å². The summed E-state index contributed by atoms with van der Waals surface area (Å²) in [6.45, 7) is 2.23. The van der Waals surface area contributed by atoms with Crippen molar-refractivity contribution in [3.63, 3.8) is 0 Å². The molecule has 106 valence electrons. The van der Waals surface area contributed by atoms with Gasteiger partial charge in [0.1, 0.15) is 5.01 Å². The van der Waals surface area contributed by atoms with E-state index in [9.17, 15) is 8.42 Å². The zero-order chi connectivity index (χ0) is 13.7. The van der Waals surface area contributed by atoms with E-state index >= 15 is 0 Å². The Morgan fingerprint density at radius 1 is 1.47 bits per heavy atom. The zero-order valence-electron chi connectivity index (χ0n) is 11.2. The normalized spacial score (nSPS) is 33.9. The summed E-state index contributed by atoms with van der Waals surface area (Å²) in [6, 6.07) is 0. The van der Waals surface area contributed by atoms with Gasteiger partial charge in [-0.2, -0.15) is 0 Å². The molecule has 0 radical (unpaired) electrons. The molecule has 1 aliphatic carbocycles. The molecule has 0 amide bonds. The molecule has 1 aromatic heterocycles. The maximum atomic E-state index is 11.7. The van der Waals surface area contributed by atoms with E-state index in [1.54, 1.807) is 0 Å². The number of hydrogen-bond acceptors (Lipinski definition) is 5. The molecule has 2 aliphatic rings. The van der Waals surface area contributed by atoms with Gasteiger partial charge in [0.05, 0.1) is 22.7 Å². The highest BCUT2D eigenvalue weighted by atomic mass is 32.2. The molecule has 0 saturated heterocycles. The maximum Gasteiger partial charge on any atom is 0.155 e. The number of fused-ring (bicyclic) bond motifs is 1. The van der Waals surface area contributed by atoms with Crippen molar-refractivity contribution in [2.75, 3.05) is 5.75 Å². The Morgan fingerprint density at radius 2 is 2.26 bits per heavy atom. The molecule has 2 atom stereocenters. The summed E-state index contributed by atoms with van der Waals surface area (Å²) >= 11 is 1.53. The Morgan fingerprint density at radius 3 is 3.00 bits per heavy atom. The second-order valence-corrected chi connectivity index (χ2v) is 9.36. The molecule has 1 aromatic rings. The number of nitrogens with zero attached hydrogens (tertiary/aromatic N) is 1. The van der Waals surface area contributed by atoms with Gasteiger partial charge in [0.25, 0.3) is 0 Å². The number of aryl methyl sites for hydroxylation is 1. The molecule has 6 heteroatoms. The highest BCUT2D eigenvalue weighted by Gasteiger charge is 2.37. The molecule has 1 fully saturated rings. The Hall–Kier alpha value is -0.460. The van der Waals surface area contributed by atoms with Gasteiger partial charge in [0.15, 0.2) is 9.84 Å². The lowest BCUT2D eigenvalue weighted by Crippen LogP contribution is -2.40. The lowest BCUT2D eigenvalue weighted by Gasteiger charge is -2.35. The molecule has 1 aliphatic heterocycles. The molecule has 2 unspecified atom stereocenters. The van der Waals surface area contributed by atoms with Crippen LogP contribution in [0.25, 0.3) is 0 Å². The van der Waals surface area contributed by atoms with E-state index in [1.807, 2.05) is 0 Å². The number of hydrogen-bond donors (Lipinski definition) is 1. The van der Waals surface area contributed by atoms with Crippen LogP contribution in [-0.4, -0.2) is 19.2 Å². The molecule has 19 heavy (non-hydrogen) atoms. The lowest BCUT2D eigenvalue weighted by molar-refractivity contribution is 0.238. The van der Waals surface area contributed by atoms with Crippen LogP contribution in [-0.2, 0) is 27.5 Å². The molecular weight excluding hydrogens is 280 g/mol. The van der Waals surface area contributed by atoms with E-state index < -0.39 is 9.84 Å². The smallest absolute Gasteiger partial charge is 0.155 e. The number of sulfone groups is 1. The van der Waals surface area contributed by atoms with Crippen LogP contribution in [0.4, 0.5) is 0 Å². The summed E-state index contributed by atoms with van der Waals surface area (Å²) in [5, 5.41) is 0.959. The SMILES string of the molecule is CC1CCCC(N)(c2nc3c(s2)CS(=O)(=O)CC3)C1. The van der Waals surface area contributed by atoms with Gasteiger partial charge in [-0.25, -0.2) is 13.4 Å². The summed E-state index contributed by atoms with van der Waals surface area (Å²) in [5.41, 5.74) is 7.19. The van der Waals surface area contributed by atoms with Crippen molar-refractivity contribution in [3.8, 4) is 0 Å². The van der Waals surface area contributed by atoms with Crippen LogP contribution in [0.1, 0.15) is 48.2 Å². The standard InChI is InChI=1S/C13H20N2O2S2/c1-9-3-2-5-13(14,7-9)12-15-10-4-6-19(16,17)8-11(10)18-12/h9H,2-8,14H2,1H3. The van der Waals surface area contributed by atoms with Crippen molar-refractivity contribution >= 4 is 21.2 Å². The first kappa shape index (κ1) is 13.5. The van der Waals surface area contributed by atoms with Gasteiger partial charge in [-0.05, 0) is 18.8 Å². The second kappa shape index (κ2) is 4.53. The van der Waals surface area contributed by atoms with E-state index in [2.05, 4.69) is 11.9 Å². The molecule has 0 aromatic carbocycles. The third-order valence-electron chi connectivity index (χ3n) is 4.24. The minimum absolute atomic E-state index is 0.158. The van der Waals surface area contributed by atoms with Crippen molar-refractivity contribution in [2.45, 2.75) is 50.3 Å². The van der Waals surface area contributed by atoms with Crippen LogP contribution in [0.3, 0.4) is 0 Å². The molecule has 4 nitrogen and oxygen atoms in total. The average Bonchev–Trinajstić information content (AvgIpc) is 2.70. The lowest BCUT2D eigenvalue weighted by atomic mass is 9.77. The van der Waals surface area contributed by atoms with E-state index in [0.29, 0.717) is 12.3 Å². The van der Waals surface area contributed by atoms with Crippen LogP contribution in [0.15, 0.2) is 0 Å². The van der Waals surface area contributed by atoms with Gasteiger partial charge >= 0.3 is 0 Å². The highest BCUT2D eigenvalue weighted by Crippen LogP contribution is 2.41. The van der Waals surface area contributed by atoms with Crippen LogP contribution in [0.2, 0.25) is 0 Å². The van der Waals surface area contributed by atoms with Gasteiger partial charge in [-0.3, -0.25) is 0 Å². The highest BCUT2D eigenvalue weighted by molar-refractivity contribution is 7.90. The number of nitrogens with two attached hydrogens (primary N) is 1. The monoisotopic (exact) mass is 300 g/mol. The van der Waals surface area contributed by atoms with Crippen LogP contribution < -0.4 is 5.73 Å². The largest absolute Gasteiger partial charge is 0.319 e. The van der Waals surface area contributed by atoms with E-state index in [1.165, 1.54) is 17.8 Å². The van der Waals surface area contributed by atoms with Crippen LogP contribution >= 0.6 is 11.3 Å². The quantitative estimate of drug-likeness (QED) is 0.860. The zero-order valence-corrected chi connectivity index (χ0v) is 12.8. The third-order valence-corrected chi connectivity index (χ3v) is 7.29. The van der Waals surface area contributed by atoms with Gasteiger partial charge < -0.3 is 5.73 Å². The summed E-state index contributed by atoms with van der Waals surface area (Å²) in [6.07, 6.45) is 4.86. The van der Waals surface area contributed by atoms with Gasteiger partial charge in [0, 0.05) is 11.3 Å². The number of aromatic nitrogens is 1. The number of thiazole rings is 1. The summed E-state index contributed by atoms with van der Waals surface area (Å²) in [7, 11) is -2.91. The first-order chi connectivity index (χ1) is 8.88. The Balaban J connectivity index is 1.93. The Bertz CT molecular complexity index is 594. The first-order valence-electron chi connectivity index (χ1n) is 6.86. The van der Waals surface area contributed by atoms with E-state index in [0.717, 1.165) is 34.8 Å². The molecule has 2 N–H and O–H groups in total. The predicted octanol–water partition coefficient (Wildman–Crippen LogP) is 1.98. The van der Waals surface area contributed by atoms with Crippen molar-refractivity contribution < 1.29 is 8.42 Å². The third kappa shape index (κ3) is 2.58. The van der Waals surface area contributed by atoms with Crippen molar-refractivity contribution in [3.05, 3.63) is 15.6 Å². The van der Waals surface area contributed by atoms with Gasteiger partial charge in [0.2, 0.25) is 0 Å². The molecule has 1 saturated carbocycles. The summed E-state index contributed by atoms with van der Waals surface area (Å²) in [5.74, 6) is 1.02. The van der Waals surface area contributed by atoms with Crippen LogP contribution in [0, 0.1) is 5.92 Å². The average molecular weight is 300 g/mol. The topological polar surface area (TPSA) is 73.0 Å².